The molecule has 1 aliphatic heterocycles. The Hall–Kier alpha value is -1.78. The van der Waals surface area contributed by atoms with Crippen molar-refractivity contribution in [1.29, 1.82) is 0 Å². The van der Waals surface area contributed by atoms with E-state index < -0.39 is 5.41 Å². The van der Waals surface area contributed by atoms with Crippen molar-refractivity contribution in [2.75, 3.05) is 12.4 Å². The van der Waals surface area contributed by atoms with E-state index in [1.165, 1.54) is 7.11 Å². The second kappa shape index (κ2) is 4.90. The van der Waals surface area contributed by atoms with E-state index in [1.54, 1.807) is 31.2 Å². The number of hydrogen-bond donors (Lipinski definition) is 1. The number of carbonyl (C=O) groups excluding carboxylic acids is 1. The average Bonchev–Trinajstić information content (AvgIpc) is 2.70. The second-order valence-electron chi connectivity index (χ2n) is 4.95. The number of ether oxygens (including phenoxy) is 1. The van der Waals surface area contributed by atoms with E-state index in [2.05, 4.69) is 10.3 Å². The SMILES string of the molecule is COc1ccc(Cl)nc1C1(C)C(=O)Nc2cc(Cl)ccc21. The van der Waals surface area contributed by atoms with Crippen molar-refractivity contribution in [3.8, 4) is 5.75 Å². The quantitative estimate of drug-likeness (QED) is 0.858. The van der Waals surface area contributed by atoms with Crippen LogP contribution in [0.1, 0.15) is 18.2 Å². The number of pyridine rings is 1. The molecular weight excluding hydrogens is 311 g/mol. The Bertz CT molecular complexity index is 748. The first-order valence-corrected chi connectivity index (χ1v) is 7.05. The molecule has 0 saturated carbocycles. The van der Waals surface area contributed by atoms with Crippen molar-refractivity contribution in [2.24, 2.45) is 0 Å². The molecule has 21 heavy (non-hydrogen) atoms. The lowest BCUT2D eigenvalue weighted by Crippen LogP contribution is -2.33. The molecule has 1 N–H and O–H groups in total. The van der Waals surface area contributed by atoms with E-state index in [-0.39, 0.29) is 5.91 Å². The molecular formula is C15H12Cl2N2O2. The lowest BCUT2D eigenvalue weighted by Gasteiger charge is -2.23. The molecule has 0 saturated heterocycles. The number of anilines is 1. The Balaban J connectivity index is 2.27. The predicted octanol–water partition coefficient (Wildman–Crippen LogP) is 3.66. The molecule has 0 fully saturated rings. The van der Waals surface area contributed by atoms with Gasteiger partial charge in [-0.1, -0.05) is 29.3 Å². The van der Waals surface area contributed by atoms with Gasteiger partial charge in [-0.05, 0) is 36.8 Å². The third-order valence-corrected chi connectivity index (χ3v) is 4.19. The molecule has 1 amide bonds. The molecule has 108 valence electrons. The topological polar surface area (TPSA) is 51.2 Å². The zero-order valence-electron chi connectivity index (χ0n) is 11.4. The Morgan fingerprint density at radius 1 is 1.24 bits per heavy atom. The summed E-state index contributed by atoms with van der Waals surface area (Å²) >= 11 is 12.0. The highest BCUT2D eigenvalue weighted by Gasteiger charge is 2.47. The van der Waals surface area contributed by atoms with Crippen molar-refractivity contribution >= 4 is 34.8 Å². The Kier molecular flexibility index (Phi) is 3.30. The molecule has 2 aromatic rings. The monoisotopic (exact) mass is 322 g/mol. The fourth-order valence-corrected chi connectivity index (χ4v) is 2.93. The van der Waals surface area contributed by atoms with E-state index >= 15 is 0 Å². The number of amides is 1. The van der Waals surface area contributed by atoms with Crippen molar-refractivity contribution in [3.05, 3.63) is 51.8 Å². The minimum Gasteiger partial charge on any atom is -0.495 e. The van der Waals surface area contributed by atoms with Gasteiger partial charge in [0.2, 0.25) is 5.91 Å². The summed E-state index contributed by atoms with van der Waals surface area (Å²) in [5.41, 5.74) is 0.982. The standard InChI is InChI=1S/C15H12Cl2N2O2/c1-15(13-11(21-2)5-6-12(17)19-13)9-4-3-8(16)7-10(9)18-14(15)20/h3-7H,1-2H3,(H,18,20). The summed E-state index contributed by atoms with van der Waals surface area (Å²) in [6.07, 6.45) is 0. The molecule has 0 aliphatic carbocycles. The molecule has 1 aromatic heterocycles. The summed E-state index contributed by atoms with van der Waals surface area (Å²) in [5, 5.41) is 3.70. The van der Waals surface area contributed by atoms with Crippen LogP contribution in [0.25, 0.3) is 0 Å². The fourth-order valence-electron chi connectivity index (χ4n) is 2.61. The molecule has 6 heteroatoms. The number of nitrogens with one attached hydrogen (secondary N) is 1. The lowest BCUT2D eigenvalue weighted by atomic mass is 9.80. The van der Waals surface area contributed by atoms with Crippen LogP contribution < -0.4 is 10.1 Å². The van der Waals surface area contributed by atoms with Crippen LogP contribution in [0.4, 0.5) is 5.69 Å². The molecule has 1 aromatic carbocycles. The van der Waals surface area contributed by atoms with Crippen molar-refractivity contribution in [3.63, 3.8) is 0 Å². The summed E-state index contributed by atoms with van der Waals surface area (Å²) in [5.74, 6) is 0.327. The highest BCUT2D eigenvalue weighted by atomic mass is 35.5. The number of halogens is 2. The van der Waals surface area contributed by atoms with Crippen LogP contribution in [0.15, 0.2) is 30.3 Å². The number of fused-ring (bicyclic) bond motifs is 1. The van der Waals surface area contributed by atoms with Gasteiger partial charge in [-0.3, -0.25) is 4.79 Å². The fraction of sp³-hybridized carbons (Fsp3) is 0.200. The first-order chi connectivity index (χ1) is 9.96. The number of rotatable bonds is 2. The third-order valence-electron chi connectivity index (χ3n) is 3.74. The molecule has 0 bridgehead atoms. The third kappa shape index (κ3) is 2.06. The van der Waals surface area contributed by atoms with E-state index in [0.29, 0.717) is 27.3 Å². The van der Waals surface area contributed by atoms with Crippen LogP contribution in [0.3, 0.4) is 0 Å². The number of nitrogens with zero attached hydrogens (tertiary/aromatic N) is 1. The molecule has 0 radical (unpaired) electrons. The summed E-state index contributed by atoms with van der Waals surface area (Å²) < 4.78 is 5.34. The lowest BCUT2D eigenvalue weighted by molar-refractivity contribution is -0.119. The zero-order valence-corrected chi connectivity index (χ0v) is 12.9. The maximum Gasteiger partial charge on any atom is 0.241 e. The molecule has 1 unspecified atom stereocenters. The first-order valence-electron chi connectivity index (χ1n) is 6.29. The smallest absolute Gasteiger partial charge is 0.241 e. The molecule has 2 heterocycles. The number of carbonyl (C=O) groups is 1. The molecule has 1 aliphatic rings. The van der Waals surface area contributed by atoms with Gasteiger partial charge in [0.25, 0.3) is 0 Å². The van der Waals surface area contributed by atoms with Gasteiger partial charge in [0, 0.05) is 10.7 Å². The summed E-state index contributed by atoms with van der Waals surface area (Å²) in [6.45, 7) is 1.79. The summed E-state index contributed by atoms with van der Waals surface area (Å²) in [4.78, 5) is 16.9. The van der Waals surface area contributed by atoms with Gasteiger partial charge in [0.15, 0.2) is 0 Å². The molecule has 4 nitrogen and oxygen atoms in total. The maximum atomic E-state index is 12.6. The minimum absolute atomic E-state index is 0.187. The minimum atomic E-state index is -0.976. The number of aromatic nitrogens is 1. The van der Waals surface area contributed by atoms with Gasteiger partial charge in [0.1, 0.15) is 22.0 Å². The van der Waals surface area contributed by atoms with Crippen LogP contribution in [-0.4, -0.2) is 18.0 Å². The van der Waals surface area contributed by atoms with Crippen LogP contribution in [-0.2, 0) is 10.2 Å². The highest BCUT2D eigenvalue weighted by molar-refractivity contribution is 6.31. The summed E-state index contributed by atoms with van der Waals surface area (Å²) in [7, 11) is 1.54. The van der Waals surface area contributed by atoms with Crippen LogP contribution in [0, 0.1) is 0 Å². The van der Waals surface area contributed by atoms with E-state index in [4.69, 9.17) is 27.9 Å². The molecule has 0 spiro atoms. The van der Waals surface area contributed by atoms with Gasteiger partial charge in [-0.25, -0.2) is 4.98 Å². The molecule has 3 rings (SSSR count). The second-order valence-corrected chi connectivity index (χ2v) is 5.78. The van der Waals surface area contributed by atoms with E-state index in [9.17, 15) is 4.79 Å². The Labute approximate surface area is 132 Å². The maximum absolute atomic E-state index is 12.6. The van der Waals surface area contributed by atoms with Gasteiger partial charge >= 0.3 is 0 Å². The highest BCUT2D eigenvalue weighted by Crippen LogP contribution is 2.45. The van der Waals surface area contributed by atoms with Crippen molar-refractivity contribution in [1.82, 2.24) is 4.98 Å². The van der Waals surface area contributed by atoms with E-state index in [1.807, 2.05) is 6.07 Å². The Morgan fingerprint density at radius 2 is 2.00 bits per heavy atom. The van der Waals surface area contributed by atoms with Crippen molar-refractivity contribution in [2.45, 2.75) is 12.3 Å². The first kappa shape index (κ1) is 14.2. The zero-order chi connectivity index (χ0) is 15.2. The molecule has 1 atom stereocenters. The Morgan fingerprint density at radius 3 is 2.71 bits per heavy atom. The normalized spacial score (nSPS) is 20.1. The summed E-state index contributed by atoms with van der Waals surface area (Å²) in [6, 6.07) is 8.62. The van der Waals surface area contributed by atoms with E-state index in [0.717, 1.165) is 5.56 Å². The average molecular weight is 323 g/mol. The number of benzene rings is 1. The predicted molar refractivity (Wildman–Crippen MR) is 82.3 cm³/mol. The van der Waals surface area contributed by atoms with Crippen molar-refractivity contribution < 1.29 is 9.53 Å². The number of methoxy groups -OCH3 is 1. The van der Waals surface area contributed by atoms with Crippen LogP contribution >= 0.6 is 23.2 Å². The van der Waals surface area contributed by atoms with Gasteiger partial charge < -0.3 is 10.1 Å². The van der Waals surface area contributed by atoms with Crippen LogP contribution in [0.2, 0.25) is 10.2 Å². The van der Waals surface area contributed by atoms with Gasteiger partial charge in [-0.2, -0.15) is 0 Å². The van der Waals surface area contributed by atoms with Gasteiger partial charge in [-0.15, -0.1) is 0 Å². The number of hydrogen-bond acceptors (Lipinski definition) is 3. The van der Waals surface area contributed by atoms with Gasteiger partial charge in [0.05, 0.1) is 7.11 Å². The van der Waals surface area contributed by atoms with Crippen LogP contribution in [0.5, 0.6) is 5.75 Å². The largest absolute Gasteiger partial charge is 0.495 e.